The summed E-state index contributed by atoms with van der Waals surface area (Å²) in [6.07, 6.45) is 7.60. The van der Waals surface area contributed by atoms with Crippen LogP contribution in [0, 0.1) is 5.92 Å². The molecule has 1 aromatic heterocycles. The van der Waals surface area contributed by atoms with Crippen LogP contribution in [0.5, 0.6) is 0 Å². The van der Waals surface area contributed by atoms with Crippen LogP contribution in [0.1, 0.15) is 57.1 Å². The van der Waals surface area contributed by atoms with E-state index >= 15 is 0 Å². The second-order valence-corrected chi connectivity index (χ2v) is 6.65. The molecule has 20 heavy (non-hydrogen) atoms. The summed E-state index contributed by atoms with van der Waals surface area (Å²) >= 11 is 0. The third kappa shape index (κ3) is 3.04. The van der Waals surface area contributed by atoms with E-state index in [0.29, 0.717) is 13.1 Å². The van der Waals surface area contributed by atoms with Gasteiger partial charge in [-0.05, 0) is 44.4 Å². The Morgan fingerprint density at radius 1 is 1.30 bits per heavy atom. The zero-order valence-electron chi connectivity index (χ0n) is 12.4. The van der Waals surface area contributed by atoms with E-state index in [4.69, 9.17) is 0 Å². The van der Waals surface area contributed by atoms with Gasteiger partial charge in [-0.25, -0.2) is 0 Å². The summed E-state index contributed by atoms with van der Waals surface area (Å²) in [6, 6.07) is 0. The smallest absolute Gasteiger partial charge is 0.147 e. The Balaban J connectivity index is 1.51. The maximum Gasteiger partial charge on any atom is 0.147 e. The SMILES string of the molecule is CC1CCC(O)(CNCc2nnc3n2CCCC3)CC1. The van der Waals surface area contributed by atoms with Crippen molar-refractivity contribution in [2.24, 2.45) is 5.92 Å². The van der Waals surface area contributed by atoms with Crippen molar-refractivity contribution in [1.29, 1.82) is 0 Å². The van der Waals surface area contributed by atoms with Crippen LogP contribution in [0.15, 0.2) is 0 Å². The van der Waals surface area contributed by atoms with Gasteiger partial charge in [-0.1, -0.05) is 6.92 Å². The molecular formula is C15H26N4O. The minimum atomic E-state index is -0.517. The van der Waals surface area contributed by atoms with Crippen molar-refractivity contribution in [2.75, 3.05) is 6.54 Å². The first-order chi connectivity index (χ1) is 9.66. The molecule has 3 rings (SSSR count). The van der Waals surface area contributed by atoms with E-state index in [0.717, 1.165) is 56.2 Å². The van der Waals surface area contributed by atoms with E-state index in [2.05, 4.69) is 27.0 Å². The highest BCUT2D eigenvalue weighted by atomic mass is 16.3. The molecule has 112 valence electrons. The maximum absolute atomic E-state index is 10.6. The molecule has 2 heterocycles. The number of hydrogen-bond donors (Lipinski definition) is 2. The summed E-state index contributed by atoms with van der Waals surface area (Å²) in [5, 5.41) is 22.5. The first-order valence-corrected chi connectivity index (χ1v) is 8.00. The first-order valence-electron chi connectivity index (χ1n) is 8.00. The third-order valence-electron chi connectivity index (χ3n) is 4.88. The van der Waals surface area contributed by atoms with Crippen LogP contribution >= 0.6 is 0 Å². The quantitative estimate of drug-likeness (QED) is 0.879. The van der Waals surface area contributed by atoms with Crippen LogP contribution in [0.25, 0.3) is 0 Å². The van der Waals surface area contributed by atoms with E-state index < -0.39 is 5.60 Å². The van der Waals surface area contributed by atoms with Gasteiger partial charge in [0, 0.05) is 19.5 Å². The molecule has 1 aliphatic carbocycles. The molecule has 0 radical (unpaired) electrons. The van der Waals surface area contributed by atoms with Gasteiger partial charge in [0.2, 0.25) is 0 Å². The third-order valence-corrected chi connectivity index (χ3v) is 4.88. The molecule has 1 aromatic rings. The molecule has 0 atom stereocenters. The second kappa shape index (κ2) is 5.82. The predicted molar refractivity (Wildman–Crippen MR) is 77.2 cm³/mol. The summed E-state index contributed by atoms with van der Waals surface area (Å²) in [6.45, 7) is 4.70. The van der Waals surface area contributed by atoms with E-state index in [1.165, 1.54) is 12.8 Å². The van der Waals surface area contributed by atoms with Gasteiger partial charge in [0.15, 0.2) is 0 Å². The number of fused-ring (bicyclic) bond motifs is 1. The molecule has 1 saturated carbocycles. The van der Waals surface area contributed by atoms with E-state index in [-0.39, 0.29) is 0 Å². The first kappa shape index (κ1) is 14.0. The number of aryl methyl sites for hydroxylation is 1. The fourth-order valence-electron chi connectivity index (χ4n) is 3.38. The molecule has 0 saturated heterocycles. The Morgan fingerprint density at radius 3 is 2.90 bits per heavy atom. The van der Waals surface area contributed by atoms with Crippen LogP contribution in [-0.4, -0.2) is 32.0 Å². The average molecular weight is 278 g/mol. The summed E-state index contributed by atoms with van der Waals surface area (Å²) < 4.78 is 2.24. The Hall–Kier alpha value is -0.940. The fraction of sp³-hybridized carbons (Fsp3) is 0.867. The van der Waals surface area contributed by atoms with Crippen molar-refractivity contribution in [1.82, 2.24) is 20.1 Å². The molecule has 5 heteroatoms. The number of aromatic nitrogens is 3. The van der Waals surface area contributed by atoms with Gasteiger partial charge >= 0.3 is 0 Å². The highest BCUT2D eigenvalue weighted by Gasteiger charge is 2.31. The Kier molecular flexibility index (Phi) is 4.08. The molecule has 1 aliphatic heterocycles. The van der Waals surface area contributed by atoms with Crippen molar-refractivity contribution < 1.29 is 5.11 Å². The maximum atomic E-state index is 10.6. The monoisotopic (exact) mass is 278 g/mol. The summed E-state index contributed by atoms with van der Waals surface area (Å²) in [5.74, 6) is 2.91. The molecule has 0 spiro atoms. The predicted octanol–water partition coefficient (Wildman–Crippen LogP) is 1.65. The normalized spacial score (nSPS) is 30.2. The van der Waals surface area contributed by atoms with Gasteiger partial charge in [-0.2, -0.15) is 0 Å². The lowest BCUT2D eigenvalue weighted by molar-refractivity contribution is -0.00646. The fourth-order valence-corrected chi connectivity index (χ4v) is 3.38. The van der Waals surface area contributed by atoms with Crippen LogP contribution in [0.4, 0.5) is 0 Å². The van der Waals surface area contributed by atoms with Gasteiger partial charge in [0.25, 0.3) is 0 Å². The second-order valence-electron chi connectivity index (χ2n) is 6.65. The molecule has 2 N–H and O–H groups in total. The van der Waals surface area contributed by atoms with E-state index in [1.807, 2.05) is 0 Å². The van der Waals surface area contributed by atoms with Crippen molar-refractivity contribution in [3.8, 4) is 0 Å². The van der Waals surface area contributed by atoms with Gasteiger partial charge in [-0.15, -0.1) is 10.2 Å². The van der Waals surface area contributed by atoms with Gasteiger partial charge in [0.05, 0.1) is 12.1 Å². The lowest BCUT2D eigenvalue weighted by Crippen LogP contribution is -2.43. The minimum absolute atomic E-state index is 0.517. The topological polar surface area (TPSA) is 63.0 Å². The lowest BCUT2D eigenvalue weighted by atomic mass is 9.79. The van der Waals surface area contributed by atoms with E-state index in [9.17, 15) is 5.11 Å². The summed E-state index contributed by atoms with van der Waals surface area (Å²) in [5.41, 5.74) is -0.517. The van der Waals surface area contributed by atoms with Crippen molar-refractivity contribution in [3.63, 3.8) is 0 Å². The molecule has 1 fully saturated rings. The molecule has 0 amide bonds. The molecule has 0 aromatic carbocycles. The number of nitrogens with zero attached hydrogens (tertiary/aromatic N) is 3. The number of hydrogen-bond acceptors (Lipinski definition) is 4. The molecule has 5 nitrogen and oxygen atoms in total. The number of rotatable bonds is 4. The molecule has 2 aliphatic rings. The van der Waals surface area contributed by atoms with Crippen LogP contribution in [0.3, 0.4) is 0 Å². The van der Waals surface area contributed by atoms with Crippen molar-refractivity contribution in [2.45, 2.75) is 70.6 Å². The standard InChI is InChI=1S/C15H26N4O/c1-12-5-7-15(20,8-6-12)11-16-10-14-18-17-13-4-2-3-9-19(13)14/h12,16,20H,2-11H2,1H3. The Labute approximate surface area is 120 Å². The van der Waals surface area contributed by atoms with Crippen LogP contribution < -0.4 is 5.32 Å². The average Bonchev–Trinajstić information content (AvgIpc) is 2.86. The van der Waals surface area contributed by atoms with Gasteiger partial charge in [-0.3, -0.25) is 0 Å². The molecule has 0 bridgehead atoms. The summed E-state index contributed by atoms with van der Waals surface area (Å²) in [4.78, 5) is 0. The van der Waals surface area contributed by atoms with Gasteiger partial charge < -0.3 is 15.0 Å². The number of nitrogens with one attached hydrogen (secondary N) is 1. The lowest BCUT2D eigenvalue weighted by Gasteiger charge is -2.35. The van der Waals surface area contributed by atoms with Gasteiger partial charge in [0.1, 0.15) is 11.6 Å². The number of aliphatic hydroxyl groups is 1. The van der Waals surface area contributed by atoms with Crippen LogP contribution in [-0.2, 0) is 19.5 Å². The zero-order chi connectivity index (χ0) is 14.0. The van der Waals surface area contributed by atoms with Crippen molar-refractivity contribution >= 4 is 0 Å². The van der Waals surface area contributed by atoms with E-state index in [1.54, 1.807) is 0 Å². The Bertz CT molecular complexity index is 449. The highest BCUT2D eigenvalue weighted by Crippen LogP contribution is 2.31. The molecular weight excluding hydrogens is 252 g/mol. The summed E-state index contributed by atoms with van der Waals surface area (Å²) in [7, 11) is 0. The zero-order valence-corrected chi connectivity index (χ0v) is 12.4. The van der Waals surface area contributed by atoms with Crippen LogP contribution in [0.2, 0.25) is 0 Å². The highest BCUT2D eigenvalue weighted by molar-refractivity contribution is 4.99. The largest absolute Gasteiger partial charge is 0.389 e. The minimum Gasteiger partial charge on any atom is -0.389 e. The van der Waals surface area contributed by atoms with Crippen molar-refractivity contribution in [3.05, 3.63) is 11.6 Å². The molecule has 0 unspecified atom stereocenters. The Morgan fingerprint density at radius 2 is 2.10 bits per heavy atom.